The Balaban J connectivity index is 2.01. The molecule has 0 spiro atoms. The smallest absolute Gasteiger partial charge is 0.128 e. The van der Waals surface area contributed by atoms with Crippen LogP contribution in [0.25, 0.3) is 0 Å². The number of hydrogen-bond donors (Lipinski definition) is 1. The van der Waals surface area contributed by atoms with E-state index in [1.165, 1.54) is 12.8 Å². The second kappa shape index (κ2) is 7.08. The van der Waals surface area contributed by atoms with Gasteiger partial charge in [-0.25, -0.2) is 4.98 Å². The molecule has 0 amide bonds. The zero-order chi connectivity index (χ0) is 13.7. The Kier molecular flexibility index (Phi) is 5.43. The zero-order valence-electron chi connectivity index (χ0n) is 11.7. The van der Waals surface area contributed by atoms with Gasteiger partial charge in [0.15, 0.2) is 0 Å². The molecule has 0 aliphatic carbocycles. The molecule has 1 aromatic heterocycles. The molecule has 1 aromatic rings. The predicted octanol–water partition coefficient (Wildman–Crippen LogP) is 2.32. The van der Waals surface area contributed by atoms with Crippen molar-refractivity contribution in [2.75, 3.05) is 38.8 Å². The summed E-state index contributed by atoms with van der Waals surface area (Å²) in [5, 5.41) is 3.86. The average molecular weight is 284 g/mol. The maximum absolute atomic E-state index is 6.14. The van der Waals surface area contributed by atoms with E-state index in [9.17, 15) is 0 Å². The molecule has 0 atom stereocenters. The first-order valence-electron chi connectivity index (χ1n) is 6.77. The van der Waals surface area contributed by atoms with E-state index in [1.807, 2.05) is 7.05 Å². The summed E-state index contributed by atoms with van der Waals surface area (Å²) in [4.78, 5) is 6.79. The number of ether oxygens (including phenoxy) is 1. The quantitative estimate of drug-likeness (QED) is 0.900. The van der Waals surface area contributed by atoms with Gasteiger partial charge in [0.25, 0.3) is 0 Å². The van der Waals surface area contributed by atoms with Crippen molar-refractivity contribution < 1.29 is 4.74 Å². The number of nitrogens with one attached hydrogen (secondary N) is 1. The van der Waals surface area contributed by atoms with E-state index in [1.54, 1.807) is 13.3 Å². The number of halogens is 1. The summed E-state index contributed by atoms with van der Waals surface area (Å²) in [6, 6.07) is 2.09. The summed E-state index contributed by atoms with van der Waals surface area (Å²) in [5.74, 6) is 1.72. The van der Waals surface area contributed by atoms with E-state index < -0.39 is 0 Å². The Morgan fingerprint density at radius 1 is 1.47 bits per heavy atom. The lowest BCUT2D eigenvalue weighted by Crippen LogP contribution is -2.35. The van der Waals surface area contributed by atoms with Crippen LogP contribution in [0.4, 0.5) is 5.82 Å². The van der Waals surface area contributed by atoms with E-state index in [0.717, 1.165) is 42.6 Å². The maximum atomic E-state index is 6.14. The van der Waals surface area contributed by atoms with Crippen molar-refractivity contribution in [3.8, 4) is 0 Å². The molecule has 1 aliphatic heterocycles. The van der Waals surface area contributed by atoms with E-state index in [4.69, 9.17) is 16.3 Å². The lowest BCUT2D eigenvalue weighted by atomic mass is 9.98. The number of nitrogens with zero attached hydrogens (tertiary/aromatic N) is 2. The minimum absolute atomic E-state index is 0.685. The van der Waals surface area contributed by atoms with Gasteiger partial charge in [-0.2, -0.15) is 0 Å². The van der Waals surface area contributed by atoms with Gasteiger partial charge in [-0.15, -0.1) is 0 Å². The molecule has 0 unspecified atom stereocenters. The molecular weight excluding hydrogens is 262 g/mol. The molecule has 0 radical (unpaired) electrons. The van der Waals surface area contributed by atoms with Crippen LogP contribution in [0.5, 0.6) is 0 Å². The summed E-state index contributed by atoms with van der Waals surface area (Å²) < 4.78 is 5.23. The second-order valence-electron chi connectivity index (χ2n) is 5.05. The molecule has 2 heterocycles. The molecule has 106 valence electrons. The molecule has 5 heteroatoms. The van der Waals surface area contributed by atoms with Crippen LogP contribution in [-0.2, 0) is 11.3 Å². The van der Waals surface area contributed by atoms with Crippen LogP contribution in [-0.4, -0.2) is 38.8 Å². The highest BCUT2D eigenvalue weighted by Crippen LogP contribution is 2.25. The highest BCUT2D eigenvalue weighted by atomic mass is 35.5. The number of methoxy groups -OCH3 is 1. The van der Waals surface area contributed by atoms with E-state index in [0.29, 0.717) is 5.92 Å². The third-order valence-electron chi connectivity index (χ3n) is 3.63. The zero-order valence-corrected chi connectivity index (χ0v) is 12.4. The van der Waals surface area contributed by atoms with Crippen molar-refractivity contribution in [1.29, 1.82) is 0 Å². The Morgan fingerprint density at radius 2 is 2.21 bits per heavy atom. The van der Waals surface area contributed by atoms with E-state index >= 15 is 0 Å². The van der Waals surface area contributed by atoms with Crippen molar-refractivity contribution in [2.24, 2.45) is 5.92 Å². The van der Waals surface area contributed by atoms with Gasteiger partial charge in [-0.3, -0.25) is 0 Å². The van der Waals surface area contributed by atoms with Crippen molar-refractivity contribution in [1.82, 2.24) is 10.3 Å². The Morgan fingerprint density at radius 3 is 2.84 bits per heavy atom. The number of pyridine rings is 1. The van der Waals surface area contributed by atoms with Gasteiger partial charge >= 0.3 is 0 Å². The van der Waals surface area contributed by atoms with Crippen LogP contribution in [0.15, 0.2) is 12.3 Å². The molecule has 0 aromatic carbocycles. The predicted molar refractivity (Wildman–Crippen MR) is 78.8 cm³/mol. The third kappa shape index (κ3) is 3.81. The first-order valence-corrected chi connectivity index (χ1v) is 7.15. The fraction of sp³-hybridized carbons (Fsp3) is 0.643. The summed E-state index contributed by atoms with van der Waals surface area (Å²) in [7, 11) is 3.70. The Hall–Kier alpha value is -0.840. The van der Waals surface area contributed by atoms with Crippen molar-refractivity contribution in [2.45, 2.75) is 19.4 Å². The Bertz CT molecular complexity index is 406. The molecule has 1 fully saturated rings. The van der Waals surface area contributed by atoms with Crippen LogP contribution in [0, 0.1) is 5.92 Å². The summed E-state index contributed by atoms with van der Waals surface area (Å²) in [6.07, 6.45) is 4.09. The number of piperidine rings is 1. The van der Waals surface area contributed by atoms with Crippen molar-refractivity contribution >= 4 is 17.4 Å². The topological polar surface area (TPSA) is 37.4 Å². The van der Waals surface area contributed by atoms with Gasteiger partial charge in [0.1, 0.15) is 5.82 Å². The lowest BCUT2D eigenvalue weighted by molar-refractivity contribution is 0.139. The highest BCUT2D eigenvalue weighted by Gasteiger charge is 2.20. The van der Waals surface area contributed by atoms with Gasteiger partial charge in [0, 0.05) is 39.5 Å². The second-order valence-corrected chi connectivity index (χ2v) is 5.46. The summed E-state index contributed by atoms with van der Waals surface area (Å²) in [5.41, 5.74) is 1.10. The van der Waals surface area contributed by atoms with Crippen LogP contribution >= 0.6 is 11.6 Å². The highest BCUT2D eigenvalue weighted by molar-refractivity contribution is 6.31. The average Bonchev–Trinajstić information content (AvgIpc) is 2.43. The van der Waals surface area contributed by atoms with Gasteiger partial charge in [-0.1, -0.05) is 11.6 Å². The van der Waals surface area contributed by atoms with Crippen LogP contribution in [0.2, 0.25) is 5.02 Å². The normalized spacial score (nSPS) is 16.9. The molecule has 1 N–H and O–H groups in total. The molecule has 1 aliphatic rings. The fourth-order valence-electron chi connectivity index (χ4n) is 2.53. The fourth-order valence-corrected chi connectivity index (χ4v) is 2.70. The third-order valence-corrected chi connectivity index (χ3v) is 3.97. The van der Waals surface area contributed by atoms with Crippen LogP contribution in [0.1, 0.15) is 18.4 Å². The molecule has 2 rings (SSSR count). The molecule has 4 nitrogen and oxygen atoms in total. The monoisotopic (exact) mass is 283 g/mol. The minimum Gasteiger partial charge on any atom is -0.384 e. The summed E-state index contributed by atoms with van der Waals surface area (Å²) in [6.45, 7) is 3.73. The molecule has 0 saturated carbocycles. The largest absolute Gasteiger partial charge is 0.384 e. The van der Waals surface area contributed by atoms with Crippen molar-refractivity contribution in [3.05, 3.63) is 22.8 Å². The molecular formula is C14H22ClN3O. The van der Waals surface area contributed by atoms with Gasteiger partial charge < -0.3 is 15.0 Å². The first-order chi connectivity index (χ1) is 9.24. The number of anilines is 1. The Labute approximate surface area is 120 Å². The van der Waals surface area contributed by atoms with Gasteiger partial charge in [0.05, 0.1) is 5.02 Å². The summed E-state index contributed by atoms with van der Waals surface area (Å²) >= 11 is 6.14. The molecule has 0 bridgehead atoms. The number of hydrogen-bond acceptors (Lipinski definition) is 4. The minimum atomic E-state index is 0.685. The van der Waals surface area contributed by atoms with Gasteiger partial charge in [-0.05, 0) is 37.4 Å². The standard InChI is InChI=1S/C14H22ClN3O/c1-16-8-12-7-14(17-9-13(12)15)18-5-3-11(4-6-18)10-19-2/h7,9,11,16H,3-6,8,10H2,1-2H3. The maximum Gasteiger partial charge on any atom is 0.128 e. The van der Waals surface area contributed by atoms with Crippen molar-refractivity contribution in [3.63, 3.8) is 0 Å². The van der Waals surface area contributed by atoms with E-state index in [2.05, 4.69) is 21.3 Å². The SMILES string of the molecule is CNCc1cc(N2CCC(COC)CC2)ncc1Cl. The molecule has 1 saturated heterocycles. The number of rotatable bonds is 5. The number of aromatic nitrogens is 1. The first kappa shape index (κ1) is 14.6. The van der Waals surface area contributed by atoms with E-state index in [-0.39, 0.29) is 0 Å². The van der Waals surface area contributed by atoms with Gasteiger partial charge in [0.2, 0.25) is 0 Å². The van der Waals surface area contributed by atoms with Crippen LogP contribution < -0.4 is 10.2 Å². The van der Waals surface area contributed by atoms with Crippen LogP contribution in [0.3, 0.4) is 0 Å². The molecule has 19 heavy (non-hydrogen) atoms. The lowest BCUT2D eigenvalue weighted by Gasteiger charge is -2.32.